The average molecular weight is 273 g/mol. The number of nitrogens with one attached hydrogen (secondary N) is 1. The number of benzene rings is 1. The Labute approximate surface area is 120 Å². The van der Waals surface area contributed by atoms with E-state index in [4.69, 9.17) is 4.74 Å². The Balaban J connectivity index is 1.87. The van der Waals surface area contributed by atoms with Crippen molar-refractivity contribution in [1.82, 2.24) is 15.1 Å². The van der Waals surface area contributed by atoms with Crippen molar-refractivity contribution in [1.29, 1.82) is 0 Å². The molecule has 1 aromatic carbocycles. The highest BCUT2D eigenvalue weighted by Crippen LogP contribution is 2.18. The highest BCUT2D eigenvalue weighted by Gasteiger charge is 2.04. The van der Waals surface area contributed by atoms with E-state index in [1.807, 2.05) is 31.4 Å². The summed E-state index contributed by atoms with van der Waals surface area (Å²) in [5.41, 5.74) is 2.22. The second kappa shape index (κ2) is 7.10. The molecule has 0 radical (unpaired) electrons. The molecule has 0 fully saturated rings. The molecule has 20 heavy (non-hydrogen) atoms. The topological polar surface area (TPSA) is 39.1 Å². The molecule has 0 bridgehead atoms. The largest absolute Gasteiger partial charge is 0.487 e. The summed E-state index contributed by atoms with van der Waals surface area (Å²) in [7, 11) is 1.91. The SMILES string of the molecule is CCCNC(C)c1ccc(OCc2ccn(C)n2)cc1. The van der Waals surface area contributed by atoms with Crippen molar-refractivity contribution < 1.29 is 4.74 Å². The normalized spacial score (nSPS) is 12.3. The number of ether oxygens (including phenoxy) is 1. The minimum atomic E-state index is 0.375. The summed E-state index contributed by atoms with van der Waals surface area (Å²) in [5, 5.41) is 7.76. The number of rotatable bonds is 7. The van der Waals surface area contributed by atoms with E-state index in [1.54, 1.807) is 4.68 Å². The maximum atomic E-state index is 5.73. The van der Waals surface area contributed by atoms with Crippen LogP contribution in [0.25, 0.3) is 0 Å². The Hall–Kier alpha value is -1.81. The molecule has 0 spiro atoms. The fourth-order valence-corrected chi connectivity index (χ4v) is 2.03. The van der Waals surface area contributed by atoms with Crippen LogP contribution < -0.4 is 10.1 Å². The molecule has 4 heteroatoms. The molecule has 0 aliphatic carbocycles. The molecule has 2 aromatic rings. The number of hydrogen-bond acceptors (Lipinski definition) is 3. The van der Waals surface area contributed by atoms with Gasteiger partial charge in [-0.1, -0.05) is 19.1 Å². The van der Waals surface area contributed by atoms with Crippen LogP contribution in [0.3, 0.4) is 0 Å². The zero-order chi connectivity index (χ0) is 14.4. The Morgan fingerprint density at radius 1 is 1.25 bits per heavy atom. The lowest BCUT2D eigenvalue weighted by atomic mass is 10.1. The predicted octanol–water partition coefficient (Wildman–Crippen LogP) is 3.06. The van der Waals surface area contributed by atoms with Gasteiger partial charge in [0.15, 0.2) is 0 Å². The van der Waals surface area contributed by atoms with Gasteiger partial charge in [-0.3, -0.25) is 4.68 Å². The second-order valence-electron chi connectivity index (χ2n) is 5.01. The summed E-state index contributed by atoms with van der Waals surface area (Å²) in [4.78, 5) is 0. The molecule has 108 valence electrons. The van der Waals surface area contributed by atoms with Crippen LogP contribution >= 0.6 is 0 Å². The average Bonchev–Trinajstić information content (AvgIpc) is 2.89. The summed E-state index contributed by atoms with van der Waals surface area (Å²) >= 11 is 0. The number of nitrogens with zero attached hydrogens (tertiary/aromatic N) is 2. The Morgan fingerprint density at radius 2 is 2.00 bits per heavy atom. The molecule has 2 rings (SSSR count). The third-order valence-corrected chi connectivity index (χ3v) is 3.24. The van der Waals surface area contributed by atoms with E-state index in [1.165, 1.54) is 5.56 Å². The van der Waals surface area contributed by atoms with E-state index in [-0.39, 0.29) is 0 Å². The molecular formula is C16H23N3O. The van der Waals surface area contributed by atoms with Gasteiger partial charge in [-0.25, -0.2) is 0 Å². The van der Waals surface area contributed by atoms with Crippen LogP contribution in [-0.4, -0.2) is 16.3 Å². The first-order chi connectivity index (χ1) is 9.69. The van der Waals surface area contributed by atoms with Crippen LogP contribution in [0, 0.1) is 0 Å². The Morgan fingerprint density at radius 3 is 2.60 bits per heavy atom. The Bertz CT molecular complexity index is 519. The van der Waals surface area contributed by atoms with Crippen molar-refractivity contribution in [3.63, 3.8) is 0 Å². The molecule has 0 aliphatic rings. The van der Waals surface area contributed by atoms with Gasteiger partial charge < -0.3 is 10.1 Å². The highest BCUT2D eigenvalue weighted by atomic mass is 16.5. The first-order valence-electron chi connectivity index (χ1n) is 7.13. The van der Waals surface area contributed by atoms with E-state index < -0.39 is 0 Å². The van der Waals surface area contributed by atoms with E-state index in [0.29, 0.717) is 12.6 Å². The third-order valence-electron chi connectivity index (χ3n) is 3.24. The highest BCUT2D eigenvalue weighted by molar-refractivity contribution is 5.29. The predicted molar refractivity (Wildman–Crippen MR) is 80.7 cm³/mol. The van der Waals surface area contributed by atoms with Crippen molar-refractivity contribution in [2.24, 2.45) is 7.05 Å². The molecule has 1 heterocycles. The summed E-state index contributed by atoms with van der Waals surface area (Å²) in [6.07, 6.45) is 3.07. The molecule has 0 saturated carbocycles. The van der Waals surface area contributed by atoms with Crippen molar-refractivity contribution in [3.8, 4) is 5.75 Å². The van der Waals surface area contributed by atoms with Crippen LogP contribution in [0.2, 0.25) is 0 Å². The summed E-state index contributed by atoms with van der Waals surface area (Å²) < 4.78 is 7.51. The monoisotopic (exact) mass is 273 g/mol. The zero-order valence-electron chi connectivity index (χ0n) is 12.5. The van der Waals surface area contributed by atoms with Gasteiger partial charge in [0.05, 0.1) is 5.69 Å². The maximum Gasteiger partial charge on any atom is 0.132 e. The van der Waals surface area contributed by atoms with Gasteiger partial charge in [0.25, 0.3) is 0 Å². The fraction of sp³-hybridized carbons (Fsp3) is 0.438. The fourth-order valence-electron chi connectivity index (χ4n) is 2.03. The molecule has 1 aromatic heterocycles. The first-order valence-corrected chi connectivity index (χ1v) is 7.13. The van der Waals surface area contributed by atoms with Gasteiger partial charge in [0.2, 0.25) is 0 Å². The van der Waals surface area contributed by atoms with Crippen molar-refractivity contribution >= 4 is 0 Å². The van der Waals surface area contributed by atoms with Crippen molar-refractivity contribution in [2.45, 2.75) is 32.9 Å². The molecule has 1 N–H and O–H groups in total. The molecule has 1 atom stereocenters. The third kappa shape index (κ3) is 4.10. The molecule has 0 amide bonds. The van der Waals surface area contributed by atoms with Crippen LogP contribution in [-0.2, 0) is 13.7 Å². The molecule has 4 nitrogen and oxygen atoms in total. The summed E-state index contributed by atoms with van der Waals surface area (Å²) in [6, 6.07) is 10.6. The first kappa shape index (κ1) is 14.6. The van der Waals surface area contributed by atoms with Gasteiger partial charge in [-0.05, 0) is 43.7 Å². The second-order valence-corrected chi connectivity index (χ2v) is 5.01. The van der Waals surface area contributed by atoms with E-state index in [9.17, 15) is 0 Å². The van der Waals surface area contributed by atoms with E-state index in [2.05, 4.69) is 36.4 Å². The Kier molecular flexibility index (Phi) is 5.18. The summed E-state index contributed by atoms with van der Waals surface area (Å²) in [6.45, 7) is 5.90. The van der Waals surface area contributed by atoms with Gasteiger partial charge >= 0.3 is 0 Å². The van der Waals surface area contributed by atoms with Crippen LogP contribution in [0.4, 0.5) is 0 Å². The smallest absolute Gasteiger partial charge is 0.132 e. The molecular weight excluding hydrogens is 250 g/mol. The quantitative estimate of drug-likeness (QED) is 0.842. The number of aryl methyl sites for hydroxylation is 1. The van der Waals surface area contributed by atoms with E-state index in [0.717, 1.165) is 24.4 Å². The lowest BCUT2D eigenvalue weighted by molar-refractivity contribution is 0.300. The van der Waals surface area contributed by atoms with Crippen LogP contribution in [0.1, 0.15) is 37.6 Å². The summed E-state index contributed by atoms with van der Waals surface area (Å²) in [5.74, 6) is 0.877. The standard InChI is InChI=1S/C16H23N3O/c1-4-10-17-13(2)14-5-7-16(8-6-14)20-12-15-9-11-19(3)18-15/h5-9,11,13,17H,4,10,12H2,1-3H3. The minimum absolute atomic E-state index is 0.375. The number of aromatic nitrogens is 2. The van der Waals surface area contributed by atoms with E-state index >= 15 is 0 Å². The van der Waals surface area contributed by atoms with Gasteiger partial charge in [0.1, 0.15) is 12.4 Å². The lowest BCUT2D eigenvalue weighted by Crippen LogP contribution is -2.19. The van der Waals surface area contributed by atoms with Crippen LogP contribution in [0.15, 0.2) is 36.5 Å². The van der Waals surface area contributed by atoms with Crippen molar-refractivity contribution in [2.75, 3.05) is 6.54 Å². The molecule has 1 unspecified atom stereocenters. The maximum absolute atomic E-state index is 5.73. The van der Waals surface area contributed by atoms with Gasteiger partial charge in [0, 0.05) is 19.3 Å². The molecule has 0 saturated heterocycles. The van der Waals surface area contributed by atoms with Crippen molar-refractivity contribution in [3.05, 3.63) is 47.8 Å². The van der Waals surface area contributed by atoms with Crippen LogP contribution in [0.5, 0.6) is 5.75 Å². The molecule has 0 aliphatic heterocycles. The lowest BCUT2D eigenvalue weighted by Gasteiger charge is -2.14. The van der Waals surface area contributed by atoms with Gasteiger partial charge in [-0.2, -0.15) is 5.10 Å². The minimum Gasteiger partial charge on any atom is -0.487 e. The van der Waals surface area contributed by atoms with Gasteiger partial charge in [-0.15, -0.1) is 0 Å². The number of hydrogen-bond donors (Lipinski definition) is 1. The zero-order valence-corrected chi connectivity index (χ0v) is 12.5.